The fourth-order valence-corrected chi connectivity index (χ4v) is 2.74. The third kappa shape index (κ3) is 3.31. The summed E-state index contributed by atoms with van der Waals surface area (Å²) in [6, 6.07) is 0. The predicted octanol–water partition coefficient (Wildman–Crippen LogP) is 2.18. The molecule has 1 N–H and O–H groups in total. The van der Waals surface area contributed by atoms with Crippen molar-refractivity contribution in [2.75, 3.05) is 0 Å². The van der Waals surface area contributed by atoms with Gasteiger partial charge in [-0.2, -0.15) is 0 Å². The molecular formula is C13H21N3O2. The first kappa shape index (κ1) is 13.1. The van der Waals surface area contributed by atoms with Gasteiger partial charge in [0, 0.05) is 13.0 Å². The molecule has 1 saturated carbocycles. The molecule has 5 nitrogen and oxygen atoms in total. The first-order valence-corrected chi connectivity index (χ1v) is 6.77. The molecule has 0 radical (unpaired) electrons. The Labute approximate surface area is 107 Å². The lowest BCUT2D eigenvalue weighted by Gasteiger charge is -2.10. The lowest BCUT2D eigenvalue weighted by atomic mass is 10.0. The standard InChI is InChI=1S/C13H21N3O2/c1-10-14-15-12(16(10)9-8-13(17)18)7-6-11-4-2-3-5-11/h11H,2-9H2,1H3,(H,17,18). The molecule has 1 aromatic rings. The minimum atomic E-state index is -0.773. The molecule has 18 heavy (non-hydrogen) atoms. The molecule has 100 valence electrons. The molecule has 0 bridgehead atoms. The van der Waals surface area contributed by atoms with Crippen molar-refractivity contribution in [2.24, 2.45) is 5.92 Å². The van der Waals surface area contributed by atoms with E-state index in [-0.39, 0.29) is 6.42 Å². The number of aryl methyl sites for hydroxylation is 2. The average Bonchev–Trinajstić information content (AvgIpc) is 2.94. The number of hydrogen-bond acceptors (Lipinski definition) is 3. The van der Waals surface area contributed by atoms with Gasteiger partial charge in [0.1, 0.15) is 11.6 Å². The van der Waals surface area contributed by atoms with E-state index in [1.165, 1.54) is 25.7 Å². The minimum absolute atomic E-state index is 0.134. The summed E-state index contributed by atoms with van der Waals surface area (Å²) in [5, 5.41) is 17.0. The number of aliphatic carboxylic acids is 1. The zero-order chi connectivity index (χ0) is 13.0. The van der Waals surface area contributed by atoms with E-state index in [0.29, 0.717) is 6.54 Å². The Morgan fingerprint density at radius 2 is 2.11 bits per heavy atom. The number of nitrogens with zero attached hydrogens (tertiary/aromatic N) is 3. The molecule has 1 aliphatic carbocycles. The number of carbonyl (C=O) groups is 1. The van der Waals surface area contributed by atoms with E-state index in [0.717, 1.165) is 30.4 Å². The summed E-state index contributed by atoms with van der Waals surface area (Å²) in [6.45, 7) is 2.36. The van der Waals surface area contributed by atoms with Gasteiger partial charge in [-0.25, -0.2) is 0 Å². The second kappa shape index (κ2) is 5.98. The Morgan fingerprint density at radius 3 is 2.78 bits per heavy atom. The van der Waals surface area contributed by atoms with Crippen molar-refractivity contribution in [1.29, 1.82) is 0 Å². The molecule has 2 rings (SSSR count). The predicted molar refractivity (Wildman–Crippen MR) is 67.3 cm³/mol. The van der Waals surface area contributed by atoms with Crippen LogP contribution in [0.5, 0.6) is 0 Å². The molecule has 0 unspecified atom stereocenters. The topological polar surface area (TPSA) is 68.0 Å². The molecule has 1 heterocycles. The molecule has 1 aromatic heterocycles. The van der Waals surface area contributed by atoms with Crippen molar-refractivity contribution in [3.8, 4) is 0 Å². The van der Waals surface area contributed by atoms with Gasteiger partial charge < -0.3 is 9.67 Å². The summed E-state index contributed by atoms with van der Waals surface area (Å²) in [5.74, 6) is 1.82. The number of rotatable bonds is 6. The van der Waals surface area contributed by atoms with E-state index in [9.17, 15) is 4.79 Å². The van der Waals surface area contributed by atoms with Gasteiger partial charge >= 0.3 is 5.97 Å². The lowest BCUT2D eigenvalue weighted by molar-refractivity contribution is -0.137. The molecule has 0 saturated heterocycles. The van der Waals surface area contributed by atoms with Crippen LogP contribution in [-0.4, -0.2) is 25.8 Å². The molecule has 0 aromatic carbocycles. The summed E-state index contributed by atoms with van der Waals surface area (Å²) < 4.78 is 1.95. The van der Waals surface area contributed by atoms with Gasteiger partial charge in [0.25, 0.3) is 0 Å². The fraction of sp³-hybridized carbons (Fsp3) is 0.769. The van der Waals surface area contributed by atoms with Crippen LogP contribution < -0.4 is 0 Å². The third-order valence-corrected chi connectivity index (χ3v) is 3.81. The van der Waals surface area contributed by atoms with Crippen molar-refractivity contribution < 1.29 is 9.90 Å². The number of carboxylic acid groups (broad SMARTS) is 1. The van der Waals surface area contributed by atoms with Crippen LogP contribution in [0.3, 0.4) is 0 Å². The second-order valence-electron chi connectivity index (χ2n) is 5.15. The first-order valence-electron chi connectivity index (χ1n) is 6.77. The Bertz CT molecular complexity index is 408. The number of aromatic nitrogens is 3. The SMILES string of the molecule is Cc1nnc(CCC2CCCC2)n1CCC(=O)O. The van der Waals surface area contributed by atoms with Gasteiger partial charge in [0.15, 0.2) is 0 Å². The van der Waals surface area contributed by atoms with Gasteiger partial charge in [0.05, 0.1) is 6.42 Å². The van der Waals surface area contributed by atoms with Crippen molar-refractivity contribution in [3.05, 3.63) is 11.6 Å². The Balaban J connectivity index is 1.92. The molecule has 0 aliphatic heterocycles. The van der Waals surface area contributed by atoms with Gasteiger partial charge in [0.2, 0.25) is 0 Å². The van der Waals surface area contributed by atoms with Gasteiger partial charge in [-0.3, -0.25) is 4.79 Å². The Morgan fingerprint density at radius 1 is 1.39 bits per heavy atom. The number of carboxylic acids is 1. The highest BCUT2D eigenvalue weighted by molar-refractivity contribution is 5.66. The molecule has 1 aliphatic rings. The summed E-state index contributed by atoms with van der Waals surface area (Å²) in [5.41, 5.74) is 0. The van der Waals surface area contributed by atoms with Gasteiger partial charge in [-0.1, -0.05) is 25.7 Å². The summed E-state index contributed by atoms with van der Waals surface area (Å²) in [7, 11) is 0. The van der Waals surface area contributed by atoms with E-state index >= 15 is 0 Å². The summed E-state index contributed by atoms with van der Waals surface area (Å²) >= 11 is 0. The van der Waals surface area contributed by atoms with Crippen LogP contribution in [0.25, 0.3) is 0 Å². The van der Waals surface area contributed by atoms with E-state index in [2.05, 4.69) is 10.2 Å². The highest BCUT2D eigenvalue weighted by Crippen LogP contribution is 2.28. The minimum Gasteiger partial charge on any atom is -0.481 e. The molecular weight excluding hydrogens is 230 g/mol. The highest BCUT2D eigenvalue weighted by Gasteiger charge is 2.17. The monoisotopic (exact) mass is 251 g/mol. The van der Waals surface area contributed by atoms with Crippen LogP contribution in [-0.2, 0) is 17.8 Å². The van der Waals surface area contributed by atoms with Crippen molar-refractivity contribution in [3.63, 3.8) is 0 Å². The van der Waals surface area contributed by atoms with Crippen molar-refractivity contribution >= 4 is 5.97 Å². The molecule has 1 fully saturated rings. The molecule has 0 atom stereocenters. The van der Waals surface area contributed by atoms with Crippen LogP contribution in [0.2, 0.25) is 0 Å². The van der Waals surface area contributed by atoms with Crippen LogP contribution in [0, 0.1) is 12.8 Å². The maximum atomic E-state index is 10.6. The number of hydrogen-bond donors (Lipinski definition) is 1. The first-order chi connectivity index (χ1) is 8.66. The van der Waals surface area contributed by atoms with Crippen LogP contribution in [0.15, 0.2) is 0 Å². The average molecular weight is 251 g/mol. The van der Waals surface area contributed by atoms with Crippen molar-refractivity contribution in [2.45, 2.75) is 58.4 Å². The fourth-order valence-electron chi connectivity index (χ4n) is 2.74. The highest BCUT2D eigenvalue weighted by atomic mass is 16.4. The summed E-state index contributed by atoms with van der Waals surface area (Å²) in [4.78, 5) is 10.6. The van der Waals surface area contributed by atoms with Crippen molar-refractivity contribution in [1.82, 2.24) is 14.8 Å². The lowest BCUT2D eigenvalue weighted by Crippen LogP contribution is -2.10. The van der Waals surface area contributed by atoms with Crippen LogP contribution >= 0.6 is 0 Å². The maximum Gasteiger partial charge on any atom is 0.305 e. The smallest absolute Gasteiger partial charge is 0.305 e. The van der Waals surface area contributed by atoms with Gasteiger partial charge in [-0.15, -0.1) is 10.2 Å². The van der Waals surface area contributed by atoms with E-state index in [1.54, 1.807) is 0 Å². The van der Waals surface area contributed by atoms with E-state index in [1.807, 2.05) is 11.5 Å². The maximum absolute atomic E-state index is 10.6. The Hall–Kier alpha value is -1.39. The van der Waals surface area contributed by atoms with E-state index in [4.69, 9.17) is 5.11 Å². The second-order valence-corrected chi connectivity index (χ2v) is 5.15. The normalized spacial score (nSPS) is 16.3. The van der Waals surface area contributed by atoms with Crippen LogP contribution in [0.1, 0.15) is 50.2 Å². The third-order valence-electron chi connectivity index (χ3n) is 3.81. The summed E-state index contributed by atoms with van der Waals surface area (Å²) in [6.07, 6.45) is 7.60. The Kier molecular flexibility index (Phi) is 4.33. The van der Waals surface area contributed by atoms with Gasteiger partial charge in [-0.05, 0) is 19.3 Å². The van der Waals surface area contributed by atoms with E-state index < -0.39 is 5.97 Å². The molecule has 0 amide bonds. The largest absolute Gasteiger partial charge is 0.481 e. The zero-order valence-electron chi connectivity index (χ0n) is 10.9. The zero-order valence-corrected chi connectivity index (χ0v) is 10.9. The van der Waals surface area contributed by atoms with Crippen LogP contribution in [0.4, 0.5) is 0 Å². The molecule has 0 spiro atoms. The molecule has 5 heteroatoms. The quantitative estimate of drug-likeness (QED) is 0.841.